The minimum atomic E-state index is 0.639. The summed E-state index contributed by atoms with van der Waals surface area (Å²) in [6.45, 7) is 4.07. The Bertz CT molecular complexity index is 1080. The van der Waals surface area contributed by atoms with Crippen LogP contribution in [0.25, 0.3) is 27.6 Å². The Morgan fingerprint density at radius 2 is 1.86 bits per heavy atom. The zero-order chi connectivity index (χ0) is 18.9. The first kappa shape index (κ1) is 17.0. The Kier molecular flexibility index (Phi) is 4.32. The van der Waals surface area contributed by atoms with Crippen molar-refractivity contribution in [1.29, 1.82) is 0 Å². The molecule has 0 spiro atoms. The summed E-state index contributed by atoms with van der Waals surface area (Å²) in [7, 11) is 0. The van der Waals surface area contributed by atoms with Crippen LogP contribution in [0.15, 0.2) is 48.0 Å². The van der Waals surface area contributed by atoms with E-state index in [1.807, 2.05) is 36.5 Å². The Hall–Kier alpha value is -3.13. The second kappa shape index (κ2) is 7.12. The molecule has 28 heavy (non-hydrogen) atoms. The zero-order valence-electron chi connectivity index (χ0n) is 15.5. The van der Waals surface area contributed by atoms with Crippen LogP contribution in [-0.2, 0) is 0 Å². The average molecular weight is 389 g/mol. The number of thiophene rings is 1. The van der Waals surface area contributed by atoms with Gasteiger partial charge in [-0.05, 0) is 53.8 Å². The summed E-state index contributed by atoms with van der Waals surface area (Å²) >= 11 is 1.66. The molecule has 0 radical (unpaired) electrons. The van der Waals surface area contributed by atoms with Crippen LogP contribution < -0.4 is 4.90 Å². The fourth-order valence-corrected chi connectivity index (χ4v) is 4.15. The summed E-state index contributed by atoms with van der Waals surface area (Å²) in [5.41, 5.74) is 3.80. The monoisotopic (exact) mass is 389 g/mol. The van der Waals surface area contributed by atoms with Gasteiger partial charge in [-0.2, -0.15) is 4.68 Å². The van der Waals surface area contributed by atoms with E-state index in [0.717, 1.165) is 40.9 Å². The van der Waals surface area contributed by atoms with Crippen molar-refractivity contribution in [2.45, 2.75) is 19.8 Å². The van der Waals surface area contributed by atoms with Gasteiger partial charge in [-0.1, -0.05) is 23.8 Å². The van der Waals surface area contributed by atoms with E-state index >= 15 is 0 Å². The van der Waals surface area contributed by atoms with Crippen LogP contribution in [0.2, 0.25) is 0 Å². The van der Waals surface area contributed by atoms with Gasteiger partial charge < -0.3 is 4.90 Å². The smallest absolute Gasteiger partial charge is 0.225 e. The fraction of sp³-hybridized carbons (Fsp3) is 0.250. The molecule has 1 aromatic carbocycles. The third-order valence-corrected chi connectivity index (χ3v) is 5.79. The molecule has 3 aromatic heterocycles. The number of anilines is 1. The number of aromatic nitrogens is 6. The quantitative estimate of drug-likeness (QED) is 0.529. The highest BCUT2D eigenvalue weighted by molar-refractivity contribution is 7.13. The highest BCUT2D eigenvalue weighted by Crippen LogP contribution is 2.34. The van der Waals surface area contributed by atoms with Gasteiger partial charge in [0.2, 0.25) is 5.95 Å². The molecule has 0 atom stereocenters. The first-order valence-electron chi connectivity index (χ1n) is 9.31. The van der Waals surface area contributed by atoms with E-state index in [-0.39, 0.29) is 0 Å². The molecular weight excluding hydrogens is 370 g/mol. The maximum Gasteiger partial charge on any atom is 0.225 e. The van der Waals surface area contributed by atoms with Crippen molar-refractivity contribution in [2.75, 3.05) is 18.0 Å². The van der Waals surface area contributed by atoms with Gasteiger partial charge in [0.05, 0.1) is 21.8 Å². The highest BCUT2D eigenvalue weighted by Gasteiger charge is 2.22. The minimum absolute atomic E-state index is 0.639. The molecule has 0 bridgehead atoms. The molecule has 4 heterocycles. The topological polar surface area (TPSA) is 72.6 Å². The lowest BCUT2D eigenvalue weighted by Gasteiger charge is -2.17. The van der Waals surface area contributed by atoms with Gasteiger partial charge in [0.1, 0.15) is 0 Å². The van der Waals surface area contributed by atoms with Crippen LogP contribution in [0.5, 0.6) is 0 Å². The lowest BCUT2D eigenvalue weighted by Crippen LogP contribution is -2.20. The molecule has 7 nitrogen and oxygen atoms in total. The van der Waals surface area contributed by atoms with Crippen molar-refractivity contribution in [3.63, 3.8) is 0 Å². The summed E-state index contributed by atoms with van der Waals surface area (Å²) in [5, 5.41) is 14.5. The first-order valence-corrected chi connectivity index (χ1v) is 10.2. The average Bonchev–Trinajstić information content (AvgIpc) is 3.50. The van der Waals surface area contributed by atoms with E-state index in [4.69, 9.17) is 4.98 Å². The van der Waals surface area contributed by atoms with Gasteiger partial charge in [0.15, 0.2) is 5.82 Å². The molecule has 1 aliphatic rings. The second-order valence-corrected chi connectivity index (χ2v) is 7.80. The van der Waals surface area contributed by atoms with E-state index in [9.17, 15) is 0 Å². The predicted octanol–water partition coefficient (Wildman–Crippen LogP) is 3.76. The third-order valence-electron chi connectivity index (χ3n) is 4.91. The lowest BCUT2D eigenvalue weighted by molar-refractivity contribution is 0.790. The fourth-order valence-electron chi connectivity index (χ4n) is 3.42. The predicted molar refractivity (Wildman–Crippen MR) is 110 cm³/mol. The van der Waals surface area contributed by atoms with E-state index in [1.165, 1.54) is 18.4 Å². The maximum absolute atomic E-state index is 4.92. The van der Waals surface area contributed by atoms with Gasteiger partial charge >= 0.3 is 0 Å². The molecular formula is C20H19N7S. The summed E-state index contributed by atoms with van der Waals surface area (Å²) in [5.74, 6) is 1.42. The van der Waals surface area contributed by atoms with Crippen molar-refractivity contribution in [3.8, 4) is 27.6 Å². The van der Waals surface area contributed by atoms with E-state index < -0.39 is 0 Å². The molecule has 0 unspecified atom stereocenters. The number of hydrogen-bond donors (Lipinski definition) is 0. The van der Waals surface area contributed by atoms with Gasteiger partial charge in [-0.25, -0.2) is 9.97 Å². The Labute approximate surface area is 166 Å². The summed E-state index contributed by atoms with van der Waals surface area (Å²) in [6.07, 6.45) is 4.22. The number of hydrogen-bond acceptors (Lipinski definition) is 7. The largest absolute Gasteiger partial charge is 0.341 e. The Balaban J connectivity index is 1.64. The van der Waals surface area contributed by atoms with Gasteiger partial charge in [-0.3, -0.25) is 0 Å². The van der Waals surface area contributed by atoms with Gasteiger partial charge in [0.25, 0.3) is 0 Å². The zero-order valence-corrected chi connectivity index (χ0v) is 16.3. The Morgan fingerprint density at radius 3 is 2.61 bits per heavy atom. The standard InChI is InChI=1S/C20H19N7S/c1-14-6-8-15(9-7-14)27-19(23-24-25-27)16-13-21-20(26-10-2-3-11-26)22-18(16)17-5-4-12-28-17/h4-9,12-13H,2-3,10-11H2,1H3. The molecule has 0 N–H and O–H groups in total. The molecule has 1 fully saturated rings. The molecule has 5 rings (SSSR count). The first-order chi connectivity index (χ1) is 13.8. The second-order valence-electron chi connectivity index (χ2n) is 6.85. The van der Waals surface area contributed by atoms with Crippen LogP contribution in [0, 0.1) is 6.92 Å². The molecule has 0 aliphatic carbocycles. The minimum Gasteiger partial charge on any atom is -0.341 e. The summed E-state index contributed by atoms with van der Waals surface area (Å²) in [6, 6.07) is 12.2. The van der Waals surface area contributed by atoms with E-state index in [0.29, 0.717) is 5.82 Å². The molecule has 1 saturated heterocycles. The van der Waals surface area contributed by atoms with Crippen LogP contribution in [-0.4, -0.2) is 43.3 Å². The third kappa shape index (κ3) is 3.05. The lowest BCUT2D eigenvalue weighted by atomic mass is 10.1. The Morgan fingerprint density at radius 1 is 1.04 bits per heavy atom. The van der Waals surface area contributed by atoms with E-state index in [1.54, 1.807) is 16.0 Å². The normalized spacial score (nSPS) is 14.0. The molecule has 1 aliphatic heterocycles. The number of rotatable bonds is 4. The van der Waals surface area contributed by atoms with Crippen molar-refractivity contribution in [1.82, 2.24) is 30.2 Å². The number of benzene rings is 1. The van der Waals surface area contributed by atoms with Gasteiger partial charge in [-0.15, -0.1) is 16.4 Å². The summed E-state index contributed by atoms with van der Waals surface area (Å²) in [4.78, 5) is 12.9. The molecule has 0 amide bonds. The van der Waals surface area contributed by atoms with Crippen molar-refractivity contribution in [2.24, 2.45) is 0 Å². The summed E-state index contributed by atoms with van der Waals surface area (Å²) < 4.78 is 1.74. The van der Waals surface area contributed by atoms with Crippen molar-refractivity contribution < 1.29 is 0 Å². The van der Waals surface area contributed by atoms with Crippen molar-refractivity contribution in [3.05, 3.63) is 53.5 Å². The SMILES string of the molecule is Cc1ccc(-n2nnnc2-c2cnc(N3CCCC3)nc2-c2cccs2)cc1. The van der Waals surface area contributed by atoms with Gasteiger partial charge in [0, 0.05) is 19.3 Å². The number of nitrogens with zero attached hydrogens (tertiary/aromatic N) is 7. The maximum atomic E-state index is 4.92. The van der Waals surface area contributed by atoms with E-state index in [2.05, 4.69) is 43.8 Å². The van der Waals surface area contributed by atoms with Crippen LogP contribution in [0.3, 0.4) is 0 Å². The van der Waals surface area contributed by atoms with Crippen LogP contribution in [0.1, 0.15) is 18.4 Å². The molecule has 0 saturated carbocycles. The molecule has 4 aromatic rings. The number of tetrazole rings is 1. The number of aryl methyl sites for hydroxylation is 1. The highest BCUT2D eigenvalue weighted by atomic mass is 32.1. The molecule has 140 valence electrons. The van der Waals surface area contributed by atoms with Crippen LogP contribution in [0.4, 0.5) is 5.95 Å². The van der Waals surface area contributed by atoms with Crippen molar-refractivity contribution >= 4 is 17.3 Å². The molecule has 8 heteroatoms. The van der Waals surface area contributed by atoms with Crippen LogP contribution >= 0.6 is 11.3 Å².